The first-order valence-corrected chi connectivity index (χ1v) is 8.27. The van der Waals surface area contributed by atoms with E-state index in [1.807, 2.05) is 0 Å². The summed E-state index contributed by atoms with van der Waals surface area (Å²) in [5.41, 5.74) is -0.425. The molecule has 10 heteroatoms. The van der Waals surface area contributed by atoms with E-state index in [0.29, 0.717) is 15.6 Å². The molecule has 0 saturated heterocycles. The molecular weight excluding hydrogens is 408 g/mol. The lowest BCUT2D eigenvalue weighted by Crippen LogP contribution is -2.09. The van der Waals surface area contributed by atoms with Crippen LogP contribution in [0.2, 0.25) is 10.0 Å². The second kappa shape index (κ2) is 7.22. The number of hydrogen-bond acceptors (Lipinski definition) is 3. The lowest BCUT2D eigenvalue weighted by atomic mass is 10.1. The van der Waals surface area contributed by atoms with E-state index in [9.17, 15) is 13.2 Å². The van der Waals surface area contributed by atoms with Crippen LogP contribution in [0.5, 0.6) is 0 Å². The van der Waals surface area contributed by atoms with Gasteiger partial charge in [-0.05, 0) is 36.5 Å². The Bertz CT molecular complexity index is 1040. The second-order valence-corrected chi connectivity index (χ2v) is 6.35. The van der Waals surface area contributed by atoms with Crippen molar-refractivity contribution in [2.75, 3.05) is 0 Å². The SMILES string of the molecule is FC(F)(F)c1ccccc1/C=N\n1c(-c2ccc(Cl)cc2Cl)n[nH]c1=S. The van der Waals surface area contributed by atoms with Crippen molar-refractivity contribution < 1.29 is 13.2 Å². The number of halogens is 5. The zero-order valence-electron chi connectivity index (χ0n) is 12.8. The highest BCUT2D eigenvalue weighted by molar-refractivity contribution is 7.71. The fraction of sp³-hybridized carbons (Fsp3) is 0.0625. The van der Waals surface area contributed by atoms with Crippen LogP contribution in [-0.2, 0) is 6.18 Å². The molecule has 3 rings (SSSR count). The van der Waals surface area contributed by atoms with Crippen LogP contribution in [0.25, 0.3) is 11.4 Å². The van der Waals surface area contributed by atoms with Gasteiger partial charge in [0.15, 0.2) is 5.82 Å². The molecule has 2 aromatic carbocycles. The Morgan fingerprint density at radius 1 is 1.15 bits per heavy atom. The van der Waals surface area contributed by atoms with E-state index < -0.39 is 11.7 Å². The number of aromatic amines is 1. The smallest absolute Gasteiger partial charge is 0.250 e. The topological polar surface area (TPSA) is 46.0 Å². The van der Waals surface area contributed by atoms with E-state index >= 15 is 0 Å². The third-order valence-electron chi connectivity index (χ3n) is 3.40. The summed E-state index contributed by atoms with van der Waals surface area (Å²) in [5, 5.41) is 11.4. The quantitative estimate of drug-likeness (QED) is 0.432. The van der Waals surface area contributed by atoms with Gasteiger partial charge in [0, 0.05) is 16.1 Å². The Hall–Kier alpha value is -2.16. The molecule has 134 valence electrons. The minimum absolute atomic E-state index is 0.101. The molecule has 0 radical (unpaired) electrons. The van der Waals surface area contributed by atoms with Gasteiger partial charge in [0.25, 0.3) is 0 Å². The first-order chi connectivity index (χ1) is 12.3. The molecule has 0 atom stereocenters. The summed E-state index contributed by atoms with van der Waals surface area (Å²) < 4.78 is 40.6. The molecule has 0 aliphatic rings. The molecule has 1 aromatic heterocycles. The van der Waals surface area contributed by atoms with E-state index in [0.717, 1.165) is 12.3 Å². The zero-order valence-corrected chi connectivity index (χ0v) is 15.1. The van der Waals surface area contributed by atoms with Crippen molar-refractivity contribution in [1.82, 2.24) is 14.9 Å². The molecule has 0 aliphatic heterocycles. The fourth-order valence-corrected chi connectivity index (χ4v) is 2.90. The molecule has 0 saturated carbocycles. The van der Waals surface area contributed by atoms with E-state index in [4.69, 9.17) is 35.4 Å². The Morgan fingerprint density at radius 3 is 2.58 bits per heavy atom. The third-order valence-corrected chi connectivity index (χ3v) is 4.21. The van der Waals surface area contributed by atoms with Gasteiger partial charge >= 0.3 is 6.18 Å². The van der Waals surface area contributed by atoms with Crippen LogP contribution in [0.3, 0.4) is 0 Å². The minimum Gasteiger partial charge on any atom is -0.250 e. The largest absolute Gasteiger partial charge is 0.417 e. The van der Waals surface area contributed by atoms with Crippen LogP contribution >= 0.6 is 35.4 Å². The molecule has 4 nitrogen and oxygen atoms in total. The predicted molar refractivity (Wildman–Crippen MR) is 97.3 cm³/mol. The van der Waals surface area contributed by atoms with Crippen LogP contribution in [0.1, 0.15) is 11.1 Å². The van der Waals surface area contributed by atoms with E-state index in [1.165, 1.54) is 28.9 Å². The fourth-order valence-electron chi connectivity index (χ4n) is 2.23. The Morgan fingerprint density at radius 2 is 1.88 bits per heavy atom. The molecule has 1 heterocycles. The predicted octanol–water partition coefficient (Wildman–Crippen LogP) is 5.82. The molecule has 0 unspecified atom stereocenters. The Kier molecular flexibility index (Phi) is 5.17. The van der Waals surface area contributed by atoms with Gasteiger partial charge in [0.1, 0.15) is 0 Å². The number of nitrogens with zero attached hydrogens (tertiary/aromatic N) is 3. The number of hydrogen-bond donors (Lipinski definition) is 1. The highest BCUT2D eigenvalue weighted by Crippen LogP contribution is 2.32. The van der Waals surface area contributed by atoms with Crippen molar-refractivity contribution in [1.29, 1.82) is 0 Å². The van der Waals surface area contributed by atoms with Gasteiger partial charge in [-0.15, -0.1) is 0 Å². The van der Waals surface area contributed by atoms with Crippen LogP contribution < -0.4 is 0 Å². The maximum Gasteiger partial charge on any atom is 0.417 e. The van der Waals surface area contributed by atoms with Crippen molar-refractivity contribution in [3.8, 4) is 11.4 Å². The Balaban J connectivity index is 2.07. The van der Waals surface area contributed by atoms with E-state index in [1.54, 1.807) is 12.1 Å². The average molecular weight is 417 g/mol. The third kappa shape index (κ3) is 3.82. The molecular formula is C16H9Cl2F3N4S. The number of aromatic nitrogens is 3. The number of benzene rings is 2. The summed E-state index contributed by atoms with van der Waals surface area (Å²) in [6.07, 6.45) is -3.43. The molecule has 3 aromatic rings. The van der Waals surface area contributed by atoms with E-state index in [2.05, 4.69) is 15.3 Å². The molecule has 0 amide bonds. The van der Waals surface area contributed by atoms with Gasteiger partial charge < -0.3 is 0 Å². The maximum atomic E-state index is 13.1. The van der Waals surface area contributed by atoms with Crippen LogP contribution in [0.15, 0.2) is 47.6 Å². The van der Waals surface area contributed by atoms with Crippen LogP contribution in [0, 0.1) is 4.77 Å². The first-order valence-electron chi connectivity index (χ1n) is 7.11. The monoisotopic (exact) mass is 416 g/mol. The van der Waals surface area contributed by atoms with Crippen LogP contribution in [-0.4, -0.2) is 21.1 Å². The van der Waals surface area contributed by atoms with Gasteiger partial charge in [0.2, 0.25) is 4.77 Å². The number of alkyl halides is 3. The van der Waals surface area contributed by atoms with Crippen molar-refractivity contribution in [3.05, 3.63) is 68.4 Å². The average Bonchev–Trinajstić information content (AvgIpc) is 2.93. The van der Waals surface area contributed by atoms with Gasteiger partial charge in [-0.2, -0.15) is 28.0 Å². The lowest BCUT2D eigenvalue weighted by molar-refractivity contribution is -0.137. The highest BCUT2D eigenvalue weighted by Gasteiger charge is 2.32. The number of rotatable bonds is 3. The summed E-state index contributed by atoms with van der Waals surface area (Å²) in [6.45, 7) is 0. The van der Waals surface area contributed by atoms with Gasteiger partial charge in [-0.1, -0.05) is 41.4 Å². The van der Waals surface area contributed by atoms with Crippen LogP contribution in [0.4, 0.5) is 13.2 Å². The summed E-state index contributed by atoms with van der Waals surface area (Å²) in [5.74, 6) is 0.248. The maximum absolute atomic E-state index is 13.1. The standard InChI is InChI=1S/C16H9Cl2F3N4S/c17-10-5-6-11(13(18)7-10)14-23-24-15(26)25(14)22-8-9-3-1-2-4-12(9)16(19,20)21/h1-8H,(H,24,26)/b22-8-. The lowest BCUT2D eigenvalue weighted by Gasteiger charge is -2.09. The zero-order chi connectivity index (χ0) is 18.9. The molecule has 0 aliphatic carbocycles. The van der Waals surface area contributed by atoms with Crippen molar-refractivity contribution in [2.45, 2.75) is 6.18 Å². The summed E-state index contributed by atoms with van der Waals surface area (Å²) in [7, 11) is 0. The molecule has 0 bridgehead atoms. The van der Waals surface area contributed by atoms with Crippen molar-refractivity contribution >= 4 is 41.6 Å². The molecule has 1 N–H and O–H groups in total. The second-order valence-electron chi connectivity index (χ2n) is 5.12. The number of nitrogens with one attached hydrogen (secondary N) is 1. The molecule has 26 heavy (non-hydrogen) atoms. The van der Waals surface area contributed by atoms with Gasteiger partial charge in [0.05, 0.1) is 16.8 Å². The normalized spacial score (nSPS) is 12.0. The van der Waals surface area contributed by atoms with Gasteiger partial charge in [-0.3, -0.25) is 0 Å². The van der Waals surface area contributed by atoms with Crippen molar-refractivity contribution in [3.63, 3.8) is 0 Å². The van der Waals surface area contributed by atoms with E-state index in [-0.39, 0.29) is 16.2 Å². The summed E-state index contributed by atoms with van der Waals surface area (Å²) in [6, 6.07) is 9.82. The van der Waals surface area contributed by atoms with Crippen molar-refractivity contribution in [2.24, 2.45) is 5.10 Å². The molecule has 0 spiro atoms. The summed E-state index contributed by atoms with van der Waals surface area (Å²) >= 11 is 17.1. The Labute approximate surface area is 160 Å². The minimum atomic E-state index is -4.50. The molecule has 0 fully saturated rings. The highest BCUT2D eigenvalue weighted by atomic mass is 35.5. The first kappa shape index (κ1) is 18.6. The summed E-state index contributed by atoms with van der Waals surface area (Å²) in [4.78, 5) is 0. The number of H-pyrrole nitrogens is 1. The van der Waals surface area contributed by atoms with Gasteiger partial charge in [-0.25, -0.2) is 5.10 Å².